The van der Waals surface area contributed by atoms with Crippen LogP contribution in [0.3, 0.4) is 0 Å². The first kappa shape index (κ1) is 15.1. The highest BCUT2D eigenvalue weighted by molar-refractivity contribution is 5.94. The third kappa shape index (κ3) is 4.10. The predicted octanol–water partition coefficient (Wildman–Crippen LogP) is 2.26. The number of carbonyl (C=O) groups is 1. The van der Waals surface area contributed by atoms with E-state index < -0.39 is 17.5 Å². The normalized spacial score (nSPS) is 12.0. The van der Waals surface area contributed by atoms with Crippen LogP contribution in [0.25, 0.3) is 0 Å². The fourth-order valence-electron chi connectivity index (χ4n) is 2.00. The molecular formula is C16H16F2N2O. The monoisotopic (exact) mass is 290 g/mol. The van der Waals surface area contributed by atoms with Crippen LogP contribution in [0.2, 0.25) is 0 Å². The molecule has 0 spiro atoms. The van der Waals surface area contributed by atoms with Crippen molar-refractivity contribution in [3.8, 4) is 0 Å². The minimum atomic E-state index is -1.05. The zero-order valence-corrected chi connectivity index (χ0v) is 11.4. The van der Waals surface area contributed by atoms with Gasteiger partial charge in [0.1, 0.15) is 0 Å². The summed E-state index contributed by atoms with van der Waals surface area (Å²) in [6.07, 6.45) is 0.576. The second kappa shape index (κ2) is 6.95. The van der Waals surface area contributed by atoms with Crippen molar-refractivity contribution in [1.29, 1.82) is 0 Å². The Morgan fingerprint density at radius 2 is 1.81 bits per heavy atom. The third-order valence-electron chi connectivity index (χ3n) is 3.13. The highest BCUT2D eigenvalue weighted by atomic mass is 19.2. The Morgan fingerprint density at radius 1 is 1.10 bits per heavy atom. The molecule has 5 heteroatoms. The lowest BCUT2D eigenvalue weighted by Crippen LogP contribution is -2.41. The molecule has 2 aromatic rings. The standard InChI is InChI=1S/C16H16F2N2O/c17-14-7-6-12(9-15(14)18)16(21)20-13(10-19)8-11-4-2-1-3-5-11/h1-7,9,13H,8,10,19H2,(H,20,21). The molecule has 0 bridgehead atoms. The smallest absolute Gasteiger partial charge is 0.251 e. The quantitative estimate of drug-likeness (QED) is 0.887. The van der Waals surface area contributed by atoms with Crippen LogP contribution in [0.5, 0.6) is 0 Å². The van der Waals surface area contributed by atoms with Gasteiger partial charge in [-0.2, -0.15) is 0 Å². The van der Waals surface area contributed by atoms with Crippen molar-refractivity contribution in [2.24, 2.45) is 5.73 Å². The van der Waals surface area contributed by atoms with E-state index in [2.05, 4.69) is 5.32 Å². The van der Waals surface area contributed by atoms with E-state index in [0.29, 0.717) is 6.42 Å². The molecule has 0 aliphatic carbocycles. The maximum Gasteiger partial charge on any atom is 0.251 e. The van der Waals surface area contributed by atoms with Gasteiger partial charge in [-0.25, -0.2) is 8.78 Å². The molecular weight excluding hydrogens is 274 g/mol. The summed E-state index contributed by atoms with van der Waals surface area (Å²) >= 11 is 0. The molecule has 21 heavy (non-hydrogen) atoms. The van der Waals surface area contributed by atoms with Gasteiger partial charge in [-0.1, -0.05) is 30.3 Å². The largest absolute Gasteiger partial charge is 0.348 e. The number of nitrogens with two attached hydrogens (primary N) is 1. The Bertz CT molecular complexity index is 617. The first-order valence-corrected chi connectivity index (χ1v) is 6.60. The van der Waals surface area contributed by atoms with Gasteiger partial charge in [0.25, 0.3) is 5.91 Å². The zero-order chi connectivity index (χ0) is 15.2. The second-order valence-electron chi connectivity index (χ2n) is 4.72. The Balaban J connectivity index is 2.04. The number of halogens is 2. The summed E-state index contributed by atoms with van der Waals surface area (Å²) in [5.74, 6) is -2.50. The number of benzene rings is 2. The first-order chi connectivity index (χ1) is 10.1. The summed E-state index contributed by atoms with van der Waals surface area (Å²) in [6, 6.07) is 12.4. The first-order valence-electron chi connectivity index (χ1n) is 6.60. The van der Waals surface area contributed by atoms with Crippen molar-refractivity contribution >= 4 is 5.91 Å². The fraction of sp³-hybridized carbons (Fsp3) is 0.188. The van der Waals surface area contributed by atoms with Crippen LogP contribution in [-0.4, -0.2) is 18.5 Å². The average Bonchev–Trinajstić information content (AvgIpc) is 2.50. The van der Waals surface area contributed by atoms with Crippen molar-refractivity contribution < 1.29 is 13.6 Å². The van der Waals surface area contributed by atoms with Gasteiger partial charge in [-0.05, 0) is 30.2 Å². The van der Waals surface area contributed by atoms with E-state index in [1.165, 1.54) is 6.07 Å². The van der Waals surface area contributed by atoms with Gasteiger partial charge in [0, 0.05) is 18.2 Å². The van der Waals surface area contributed by atoms with Crippen molar-refractivity contribution in [3.63, 3.8) is 0 Å². The van der Waals surface area contributed by atoms with Crippen LogP contribution in [0.1, 0.15) is 15.9 Å². The van der Waals surface area contributed by atoms with Crippen LogP contribution < -0.4 is 11.1 Å². The van der Waals surface area contributed by atoms with Gasteiger partial charge in [-0.3, -0.25) is 4.79 Å². The lowest BCUT2D eigenvalue weighted by molar-refractivity contribution is 0.0937. The summed E-state index contributed by atoms with van der Waals surface area (Å²) in [6.45, 7) is 0.254. The van der Waals surface area contributed by atoms with Crippen molar-refractivity contribution in [1.82, 2.24) is 5.32 Å². The molecule has 0 aromatic heterocycles. The molecule has 1 atom stereocenters. The number of hydrogen-bond acceptors (Lipinski definition) is 2. The van der Waals surface area contributed by atoms with Crippen LogP contribution in [0.4, 0.5) is 8.78 Å². The molecule has 2 aromatic carbocycles. The molecule has 0 fully saturated rings. The highest BCUT2D eigenvalue weighted by Gasteiger charge is 2.14. The van der Waals surface area contributed by atoms with Crippen LogP contribution in [0.15, 0.2) is 48.5 Å². The molecule has 0 aliphatic rings. The lowest BCUT2D eigenvalue weighted by atomic mass is 10.1. The zero-order valence-electron chi connectivity index (χ0n) is 11.4. The van der Waals surface area contributed by atoms with Crippen LogP contribution in [-0.2, 0) is 6.42 Å². The molecule has 0 radical (unpaired) electrons. The van der Waals surface area contributed by atoms with Gasteiger partial charge in [-0.15, -0.1) is 0 Å². The predicted molar refractivity (Wildman–Crippen MR) is 76.8 cm³/mol. The maximum atomic E-state index is 13.1. The molecule has 1 amide bonds. The van der Waals surface area contributed by atoms with Crippen LogP contribution >= 0.6 is 0 Å². The van der Waals surface area contributed by atoms with Crippen molar-refractivity contribution in [2.75, 3.05) is 6.54 Å². The Labute approximate surface area is 121 Å². The lowest BCUT2D eigenvalue weighted by Gasteiger charge is -2.17. The fourth-order valence-corrected chi connectivity index (χ4v) is 2.00. The molecule has 0 saturated heterocycles. The molecule has 3 N–H and O–H groups in total. The van der Waals surface area contributed by atoms with E-state index in [4.69, 9.17) is 5.73 Å². The molecule has 110 valence electrons. The molecule has 0 aliphatic heterocycles. The number of rotatable bonds is 5. The number of hydrogen-bond donors (Lipinski definition) is 2. The summed E-state index contributed by atoms with van der Waals surface area (Å²) in [7, 11) is 0. The maximum absolute atomic E-state index is 13.1. The SMILES string of the molecule is NCC(Cc1ccccc1)NC(=O)c1ccc(F)c(F)c1. The summed E-state index contributed by atoms with van der Waals surface area (Å²) in [5.41, 5.74) is 6.76. The van der Waals surface area contributed by atoms with Crippen LogP contribution in [0, 0.1) is 11.6 Å². The van der Waals surface area contributed by atoms with Crippen molar-refractivity contribution in [3.05, 3.63) is 71.3 Å². The third-order valence-corrected chi connectivity index (χ3v) is 3.13. The summed E-state index contributed by atoms with van der Waals surface area (Å²) < 4.78 is 26.0. The number of amides is 1. The Hall–Kier alpha value is -2.27. The summed E-state index contributed by atoms with van der Waals surface area (Å²) in [4.78, 5) is 12.0. The molecule has 0 heterocycles. The van der Waals surface area contributed by atoms with E-state index >= 15 is 0 Å². The van der Waals surface area contributed by atoms with E-state index in [-0.39, 0.29) is 18.2 Å². The highest BCUT2D eigenvalue weighted by Crippen LogP contribution is 2.09. The van der Waals surface area contributed by atoms with Gasteiger partial charge in [0.05, 0.1) is 0 Å². The number of nitrogens with one attached hydrogen (secondary N) is 1. The van der Waals surface area contributed by atoms with E-state index in [1.807, 2.05) is 30.3 Å². The topological polar surface area (TPSA) is 55.1 Å². The van der Waals surface area contributed by atoms with E-state index in [0.717, 1.165) is 17.7 Å². The number of carbonyl (C=O) groups excluding carboxylic acids is 1. The van der Waals surface area contributed by atoms with E-state index in [9.17, 15) is 13.6 Å². The van der Waals surface area contributed by atoms with E-state index in [1.54, 1.807) is 0 Å². The van der Waals surface area contributed by atoms with Gasteiger partial charge in [0.15, 0.2) is 11.6 Å². The van der Waals surface area contributed by atoms with Gasteiger partial charge in [0.2, 0.25) is 0 Å². The minimum Gasteiger partial charge on any atom is -0.348 e. The Morgan fingerprint density at radius 3 is 2.43 bits per heavy atom. The average molecular weight is 290 g/mol. The second-order valence-corrected chi connectivity index (χ2v) is 4.72. The molecule has 3 nitrogen and oxygen atoms in total. The minimum absolute atomic E-state index is 0.0698. The molecule has 0 saturated carbocycles. The molecule has 2 rings (SSSR count). The van der Waals surface area contributed by atoms with Gasteiger partial charge < -0.3 is 11.1 Å². The summed E-state index contributed by atoms with van der Waals surface area (Å²) in [5, 5.41) is 2.73. The Kier molecular flexibility index (Phi) is 5.00. The van der Waals surface area contributed by atoms with Gasteiger partial charge >= 0.3 is 0 Å². The van der Waals surface area contributed by atoms with Crippen molar-refractivity contribution in [2.45, 2.75) is 12.5 Å². The molecule has 1 unspecified atom stereocenters.